The molecule has 2 unspecified atom stereocenters. The molecule has 3 aromatic rings. The summed E-state index contributed by atoms with van der Waals surface area (Å²) in [5, 5.41) is 4.10. The lowest BCUT2D eigenvalue weighted by Gasteiger charge is -2.28. The molecule has 41 heavy (non-hydrogen) atoms. The first-order chi connectivity index (χ1) is 20.0. The SMILES string of the molecule is CCc1cccc2c(C(=O)CNCc3ccccc3)cn(CCCN3CCCN(CC4C(F)=CC=CC4Cl)CC3)c12. The molecule has 218 valence electrons. The summed E-state index contributed by atoms with van der Waals surface area (Å²) >= 11 is 6.40. The summed E-state index contributed by atoms with van der Waals surface area (Å²) < 4.78 is 16.7. The molecule has 0 bridgehead atoms. The van der Waals surface area contributed by atoms with E-state index in [-0.39, 0.29) is 22.9 Å². The van der Waals surface area contributed by atoms with Crippen molar-refractivity contribution in [1.82, 2.24) is 19.7 Å². The number of halogens is 2. The van der Waals surface area contributed by atoms with Crippen molar-refractivity contribution in [3.63, 3.8) is 0 Å². The van der Waals surface area contributed by atoms with Crippen LogP contribution in [0, 0.1) is 5.92 Å². The van der Waals surface area contributed by atoms with Crippen LogP contribution in [0.5, 0.6) is 0 Å². The Hall–Kier alpha value is -2.77. The second-order valence-corrected chi connectivity index (χ2v) is 11.8. The molecule has 1 N–H and O–H groups in total. The fraction of sp³-hybridized carbons (Fsp3) is 0.441. The maximum absolute atomic E-state index is 14.4. The molecular formula is C34H42ClFN4O. The van der Waals surface area contributed by atoms with Gasteiger partial charge in [-0.15, -0.1) is 11.6 Å². The zero-order chi connectivity index (χ0) is 28.6. The van der Waals surface area contributed by atoms with Gasteiger partial charge in [-0.25, -0.2) is 4.39 Å². The smallest absolute Gasteiger partial charge is 0.178 e. The standard InChI is InChI=1S/C34H42ClFN4O/c1-2-27-12-6-13-28-29(33(41)23-37-22-26-10-4-3-5-11-26)25-40(34(27)28)19-9-17-38-16-8-18-39(21-20-38)24-30-31(35)14-7-15-32(30)36/h3-7,10-15,25,30-31,37H,2,8-9,16-24H2,1H3. The predicted octanol–water partition coefficient (Wildman–Crippen LogP) is 6.22. The van der Waals surface area contributed by atoms with Crippen LogP contribution >= 0.6 is 11.6 Å². The third-order valence-corrected chi connectivity index (χ3v) is 8.87. The molecule has 0 radical (unpaired) electrons. The second kappa shape index (κ2) is 14.4. The summed E-state index contributed by atoms with van der Waals surface area (Å²) in [6.07, 6.45) is 10.2. The van der Waals surface area contributed by atoms with Crippen LogP contribution in [-0.2, 0) is 19.5 Å². The van der Waals surface area contributed by atoms with Crippen LogP contribution in [0.15, 0.2) is 78.8 Å². The summed E-state index contributed by atoms with van der Waals surface area (Å²) in [7, 11) is 0. The Kier molecular flexibility index (Phi) is 10.4. The maximum atomic E-state index is 14.4. The Morgan fingerprint density at radius 1 is 1.02 bits per heavy atom. The molecule has 0 spiro atoms. The Morgan fingerprint density at radius 2 is 1.83 bits per heavy atom. The number of Topliss-reactive ketones (excluding diaryl/α,β-unsaturated/α-hetero) is 1. The van der Waals surface area contributed by atoms with E-state index < -0.39 is 0 Å². The van der Waals surface area contributed by atoms with Crippen LogP contribution in [-0.4, -0.2) is 71.3 Å². The number of carbonyl (C=O) groups excluding carboxylic acids is 1. The first kappa shape index (κ1) is 29.7. The number of para-hydroxylation sites is 1. The number of nitrogens with one attached hydrogen (secondary N) is 1. The molecule has 0 saturated carbocycles. The van der Waals surface area contributed by atoms with Gasteiger partial charge in [-0.1, -0.05) is 67.6 Å². The number of aryl methyl sites for hydroxylation is 2. The van der Waals surface area contributed by atoms with Crippen molar-refractivity contribution in [2.45, 2.75) is 44.7 Å². The number of fused-ring (bicyclic) bond motifs is 1. The molecule has 1 aromatic heterocycles. The molecule has 2 atom stereocenters. The fourth-order valence-corrected chi connectivity index (χ4v) is 6.44. The number of alkyl halides is 1. The van der Waals surface area contributed by atoms with Crippen molar-refractivity contribution in [2.75, 3.05) is 45.8 Å². The molecule has 2 heterocycles. The maximum Gasteiger partial charge on any atom is 0.178 e. The van der Waals surface area contributed by atoms with Gasteiger partial charge in [0, 0.05) is 55.8 Å². The number of hydrogen-bond donors (Lipinski definition) is 1. The Bertz CT molecular complexity index is 1370. The molecule has 7 heteroatoms. The van der Waals surface area contributed by atoms with E-state index in [1.165, 1.54) is 16.6 Å². The van der Waals surface area contributed by atoms with Gasteiger partial charge in [0.2, 0.25) is 0 Å². The highest BCUT2D eigenvalue weighted by Gasteiger charge is 2.27. The highest BCUT2D eigenvalue weighted by molar-refractivity contribution is 6.22. The topological polar surface area (TPSA) is 40.5 Å². The summed E-state index contributed by atoms with van der Waals surface area (Å²) in [5.41, 5.74) is 4.44. The Labute approximate surface area is 248 Å². The summed E-state index contributed by atoms with van der Waals surface area (Å²) in [5.74, 6) is -0.235. The number of rotatable bonds is 12. The Balaban J connectivity index is 1.17. The van der Waals surface area contributed by atoms with Crippen LogP contribution in [0.25, 0.3) is 10.9 Å². The molecule has 1 aliphatic carbocycles. The lowest BCUT2D eigenvalue weighted by molar-refractivity contribution is 0.0992. The number of benzene rings is 2. The zero-order valence-electron chi connectivity index (χ0n) is 24.1. The predicted molar refractivity (Wildman–Crippen MR) is 167 cm³/mol. The third-order valence-electron chi connectivity index (χ3n) is 8.42. The van der Waals surface area contributed by atoms with Crippen molar-refractivity contribution in [3.8, 4) is 0 Å². The fourth-order valence-electron chi connectivity index (χ4n) is 6.16. The molecule has 0 amide bonds. The number of allylic oxidation sites excluding steroid dienone is 3. The minimum absolute atomic E-state index is 0.108. The van der Waals surface area contributed by atoms with Gasteiger partial charge in [0.25, 0.3) is 0 Å². The van der Waals surface area contributed by atoms with Crippen LogP contribution in [0.1, 0.15) is 41.3 Å². The van der Waals surface area contributed by atoms with Crippen molar-refractivity contribution in [2.24, 2.45) is 5.92 Å². The summed E-state index contributed by atoms with van der Waals surface area (Å²) in [6, 6.07) is 16.5. The zero-order valence-corrected chi connectivity index (χ0v) is 24.8. The van der Waals surface area contributed by atoms with Crippen LogP contribution in [0.4, 0.5) is 4.39 Å². The minimum Gasteiger partial charge on any atom is -0.346 e. The number of aromatic nitrogens is 1. The van der Waals surface area contributed by atoms with Gasteiger partial charge in [0.1, 0.15) is 5.83 Å². The van der Waals surface area contributed by atoms with Gasteiger partial charge in [-0.3, -0.25) is 4.79 Å². The van der Waals surface area contributed by atoms with E-state index in [9.17, 15) is 9.18 Å². The van der Waals surface area contributed by atoms with Gasteiger partial charge in [0.15, 0.2) is 5.78 Å². The monoisotopic (exact) mass is 576 g/mol. The van der Waals surface area contributed by atoms with Crippen LogP contribution < -0.4 is 5.32 Å². The second-order valence-electron chi connectivity index (χ2n) is 11.3. The van der Waals surface area contributed by atoms with E-state index in [0.29, 0.717) is 19.6 Å². The van der Waals surface area contributed by atoms with Gasteiger partial charge in [0.05, 0.1) is 17.4 Å². The minimum atomic E-state index is -0.278. The molecule has 2 aliphatic rings. The van der Waals surface area contributed by atoms with Gasteiger partial charge in [-0.2, -0.15) is 0 Å². The van der Waals surface area contributed by atoms with E-state index in [4.69, 9.17) is 11.6 Å². The van der Waals surface area contributed by atoms with Gasteiger partial charge in [-0.05, 0) is 56.1 Å². The van der Waals surface area contributed by atoms with E-state index in [1.54, 1.807) is 12.2 Å². The number of carbonyl (C=O) groups is 1. The van der Waals surface area contributed by atoms with Gasteiger partial charge >= 0.3 is 0 Å². The lowest BCUT2D eigenvalue weighted by Crippen LogP contribution is -2.37. The molecule has 2 aromatic carbocycles. The average molecular weight is 577 g/mol. The van der Waals surface area contributed by atoms with Crippen molar-refractivity contribution < 1.29 is 9.18 Å². The average Bonchev–Trinajstić information content (AvgIpc) is 3.21. The molecular weight excluding hydrogens is 535 g/mol. The van der Waals surface area contributed by atoms with E-state index in [1.807, 2.05) is 24.3 Å². The molecule has 5 nitrogen and oxygen atoms in total. The summed E-state index contributed by atoms with van der Waals surface area (Å²) in [4.78, 5) is 18.2. The third kappa shape index (κ3) is 7.55. The van der Waals surface area contributed by atoms with Crippen molar-refractivity contribution in [1.29, 1.82) is 0 Å². The normalized spacial score (nSPS) is 20.3. The van der Waals surface area contributed by atoms with Crippen LogP contribution in [0.3, 0.4) is 0 Å². The van der Waals surface area contributed by atoms with Crippen molar-refractivity contribution >= 4 is 28.3 Å². The largest absolute Gasteiger partial charge is 0.346 e. The highest BCUT2D eigenvalue weighted by atomic mass is 35.5. The molecule has 1 aliphatic heterocycles. The van der Waals surface area contributed by atoms with E-state index >= 15 is 0 Å². The number of nitrogens with zero attached hydrogens (tertiary/aromatic N) is 3. The molecule has 1 fully saturated rings. The number of hydrogen-bond acceptors (Lipinski definition) is 4. The van der Waals surface area contributed by atoms with Crippen molar-refractivity contribution in [3.05, 3.63) is 95.5 Å². The summed E-state index contributed by atoms with van der Waals surface area (Å²) in [6.45, 7) is 9.63. The van der Waals surface area contributed by atoms with Crippen LogP contribution in [0.2, 0.25) is 0 Å². The first-order valence-electron chi connectivity index (χ1n) is 15.0. The highest BCUT2D eigenvalue weighted by Crippen LogP contribution is 2.28. The molecule has 5 rings (SSSR count). The molecule has 1 saturated heterocycles. The first-order valence-corrected chi connectivity index (χ1v) is 15.5. The number of ketones is 1. The quantitative estimate of drug-likeness (QED) is 0.205. The van der Waals surface area contributed by atoms with Gasteiger partial charge < -0.3 is 19.7 Å². The lowest BCUT2D eigenvalue weighted by atomic mass is 9.98. The van der Waals surface area contributed by atoms with E-state index in [2.05, 4.69) is 63.1 Å². The van der Waals surface area contributed by atoms with E-state index in [0.717, 1.165) is 69.5 Å². The Morgan fingerprint density at radius 3 is 2.63 bits per heavy atom.